The monoisotopic (exact) mass is 465 g/mol. The molecule has 1 fully saturated rings. The van der Waals surface area contributed by atoms with E-state index in [1.807, 2.05) is 13.8 Å². The lowest BCUT2D eigenvalue weighted by molar-refractivity contribution is -0.132. The van der Waals surface area contributed by atoms with Gasteiger partial charge in [-0.1, -0.05) is 12.1 Å². The van der Waals surface area contributed by atoms with E-state index in [0.29, 0.717) is 17.4 Å². The number of aromatic hydroxyl groups is 1. The average molecular weight is 465 g/mol. The smallest absolute Gasteiger partial charge is 0.300 e. The number of nitrogens with zero attached hydrogens (tertiary/aromatic N) is 1. The molecule has 0 saturated carbocycles. The molecule has 8 heteroatoms. The van der Waals surface area contributed by atoms with Crippen molar-refractivity contribution in [3.63, 3.8) is 0 Å². The number of rotatable bonds is 5. The number of carbonyl (C=O) groups is 2. The molecule has 1 atom stereocenters. The highest BCUT2D eigenvalue weighted by Gasteiger charge is 2.47. The van der Waals surface area contributed by atoms with Crippen LogP contribution in [-0.2, 0) is 9.59 Å². The van der Waals surface area contributed by atoms with E-state index in [2.05, 4.69) is 0 Å². The molecule has 6 nitrogen and oxygen atoms in total. The number of aliphatic hydroxyl groups excluding tert-OH is 1. The highest BCUT2D eigenvalue weighted by atomic mass is 19.1. The van der Waals surface area contributed by atoms with Gasteiger partial charge in [0, 0.05) is 11.6 Å². The fourth-order valence-electron chi connectivity index (χ4n) is 3.85. The van der Waals surface area contributed by atoms with Gasteiger partial charge in [0.25, 0.3) is 11.7 Å². The van der Waals surface area contributed by atoms with Crippen molar-refractivity contribution in [2.75, 3.05) is 4.90 Å². The topological polar surface area (TPSA) is 87.1 Å². The van der Waals surface area contributed by atoms with E-state index in [0.717, 1.165) is 17.0 Å². The summed E-state index contributed by atoms with van der Waals surface area (Å²) in [7, 11) is 0. The van der Waals surface area contributed by atoms with Gasteiger partial charge in [-0.15, -0.1) is 0 Å². The van der Waals surface area contributed by atoms with E-state index in [9.17, 15) is 28.6 Å². The summed E-state index contributed by atoms with van der Waals surface area (Å²) < 4.78 is 33.8. The van der Waals surface area contributed by atoms with Crippen LogP contribution < -0.4 is 9.64 Å². The van der Waals surface area contributed by atoms with Crippen LogP contribution in [-0.4, -0.2) is 28.0 Å². The number of ether oxygens (including phenoxy) is 1. The summed E-state index contributed by atoms with van der Waals surface area (Å²) >= 11 is 0. The Bertz CT molecular complexity index is 1280. The summed E-state index contributed by atoms with van der Waals surface area (Å²) in [6, 6.07) is 13.3. The molecule has 1 amide bonds. The predicted octanol–water partition coefficient (Wildman–Crippen LogP) is 5.08. The van der Waals surface area contributed by atoms with Gasteiger partial charge in [-0.3, -0.25) is 14.5 Å². The van der Waals surface area contributed by atoms with Gasteiger partial charge in [-0.05, 0) is 67.9 Å². The maximum atomic E-state index is 14.7. The van der Waals surface area contributed by atoms with Gasteiger partial charge >= 0.3 is 0 Å². The largest absolute Gasteiger partial charge is 0.508 e. The van der Waals surface area contributed by atoms with Crippen molar-refractivity contribution >= 4 is 23.1 Å². The third kappa shape index (κ3) is 4.22. The number of ketones is 1. The molecule has 1 unspecified atom stereocenters. The SMILES string of the molecule is CC(C)Oc1ccc(/C(O)=C2\C(=O)C(=O)N(c3ccc(F)cc3F)C2c2ccc(O)cc2)cc1. The fourth-order valence-corrected chi connectivity index (χ4v) is 3.85. The molecule has 0 aromatic heterocycles. The first kappa shape index (κ1) is 23.0. The van der Waals surface area contributed by atoms with Crippen molar-refractivity contribution in [2.45, 2.75) is 26.0 Å². The molecule has 0 spiro atoms. The van der Waals surface area contributed by atoms with E-state index < -0.39 is 35.1 Å². The number of hydrogen-bond donors (Lipinski definition) is 2. The molecule has 0 radical (unpaired) electrons. The number of anilines is 1. The molecule has 3 aromatic carbocycles. The fraction of sp³-hybridized carbons (Fsp3) is 0.154. The molecular weight excluding hydrogens is 444 g/mol. The molecule has 1 heterocycles. The standard InChI is InChI=1S/C26H21F2NO5/c1-14(2)34-19-10-5-16(6-11-19)24(31)22-23(15-3-8-18(30)9-4-15)29(26(33)25(22)32)21-12-7-17(27)13-20(21)28/h3-14,23,30-31H,1-2H3/b24-22+. The van der Waals surface area contributed by atoms with Crippen LogP contribution in [0.3, 0.4) is 0 Å². The Kier molecular flexibility index (Phi) is 6.06. The Morgan fingerprint density at radius 2 is 1.62 bits per heavy atom. The normalized spacial score (nSPS) is 17.4. The molecule has 1 saturated heterocycles. The minimum atomic E-state index is -1.22. The molecule has 1 aliphatic heterocycles. The molecule has 0 aliphatic carbocycles. The van der Waals surface area contributed by atoms with Gasteiger partial charge < -0.3 is 14.9 Å². The lowest BCUT2D eigenvalue weighted by Gasteiger charge is -2.25. The summed E-state index contributed by atoms with van der Waals surface area (Å²) in [5, 5.41) is 20.8. The van der Waals surface area contributed by atoms with E-state index in [1.54, 1.807) is 12.1 Å². The minimum absolute atomic E-state index is 0.0607. The Hall–Kier alpha value is -4.20. The molecule has 1 aliphatic rings. The van der Waals surface area contributed by atoms with Crippen molar-refractivity contribution in [1.29, 1.82) is 0 Å². The average Bonchev–Trinajstić information content (AvgIpc) is 3.05. The van der Waals surface area contributed by atoms with Crippen molar-refractivity contribution in [3.05, 3.63) is 95.1 Å². The van der Waals surface area contributed by atoms with Crippen molar-refractivity contribution in [2.24, 2.45) is 0 Å². The van der Waals surface area contributed by atoms with E-state index >= 15 is 0 Å². The second-order valence-corrected chi connectivity index (χ2v) is 8.05. The Labute approximate surface area is 194 Å². The van der Waals surface area contributed by atoms with Crippen LogP contribution in [0.1, 0.15) is 31.0 Å². The number of aliphatic hydroxyl groups is 1. The van der Waals surface area contributed by atoms with Crippen LogP contribution in [0, 0.1) is 11.6 Å². The number of phenolic OH excluding ortho intramolecular Hbond substituents is 1. The van der Waals surface area contributed by atoms with E-state index in [-0.39, 0.29) is 28.7 Å². The van der Waals surface area contributed by atoms with Crippen LogP contribution in [0.4, 0.5) is 14.5 Å². The minimum Gasteiger partial charge on any atom is -0.508 e. The van der Waals surface area contributed by atoms with Crippen molar-refractivity contribution in [3.8, 4) is 11.5 Å². The molecule has 2 N–H and O–H groups in total. The first-order chi connectivity index (χ1) is 16.2. The quantitative estimate of drug-likeness (QED) is 0.312. The predicted molar refractivity (Wildman–Crippen MR) is 121 cm³/mol. The Morgan fingerprint density at radius 1 is 0.971 bits per heavy atom. The highest BCUT2D eigenvalue weighted by molar-refractivity contribution is 6.51. The number of halogens is 2. The van der Waals surface area contributed by atoms with Crippen LogP contribution in [0.25, 0.3) is 5.76 Å². The van der Waals surface area contributed by atoms with Gasteiger partial charge in [-0.25, -0.2) is 8.78 Å². The zero-order chi connectivity index (χ0) is 24.6. The number of carbonyl (C=O) groups excluding carboxylic acids is 2. The summed E-state index contributed by atoms with van der Waals surface area (Å²) in [6.07, 6.45) is -0.0649. The first-order valence-corrected chi connectivity index (χ1v) is 10.5. The third-order valence-electron chi connectivity index (χ3n) is 5.32. The number of phenols is 1. The maximum absolute atomic E-state index is 14.7. The lowest BCUT2D eigenvalue weighted by atomic mass is 9.95. The van der Waals surface area contributed by atoms with Crippen LogP contribution in [0.15, 0.2) is 72.3 Å². The zero-order valence-corrected chi connectivity index (χ0v) is 18.3. The number of amides is 1. The molecular formula is C26H21F2NO5. The Balaban J connectivity index is 1.88. The molecule has 3 aromatic rings. The highest BCUT2D eigenvalue weighted by Crippen LogP contribution is 2.43. The van der Waals surface area contributed by atoms with Crippen LogP contribution in [0.2, 0.25) is 0 Å². The molecule has 174 valence electrons. The summed E-state index contributed by atoms with van der Waals surface area (Å²) in [5.41, 5.74) is -0.00209. The molecule has 0 bridgehead atoms. The van der Waals surface area contributed by atoms with Gasteiger partial charge in [0.15, 0.2) is 0 Å². The molecule has 34 heavy (non-hydrogen) atoms. The van der Waals surface area contributed by atoms with Crippen molar-refractivity contribution < 1.29 is 33.3 Å². The number of benzene rings is 3. The first-order valence-electron chi connectivity index (χ1n) is 10.5. The van der Waals surface area contributed by atoms with Crippen LogP contribution >= 0.6 is 0 Å². The summed E-state index contributed by atoms with van der Waals surface area (Å²) in [6.45, 7) is 3.73. The van der Waals surface area contributed by atoms with E-state index in [1.165, 1.54) is 36.4 Å². The summed E-state index contributed by atoms with van der Waals surface area (Å²) in [4.78, 5) is 27.0. The van der Waals surface area contributed by atoms with Gasteiger partial charge in [0.1, 0.15) is 28.9 Å². The molecule has 4 rings (SSSR count). The Morgan fingerprint density at radius 3 is 2.21 bits per heavy atom. The third-order valence-corrected chi connectivity index (χ3v) is 5.32. The second-order valence-electron chi connectivity index (χ2n) is 8.05. The van der Waals surface area contributed by atoms with Crippen LogP contribution in [0.5, 0.6) is 11.5 Å². The summed E-state index contributed by atoms with van der Waals surface area (Å²) in [5.74, 6) is -3.96. The number of hydrogen-bond acceptors (Lipinski definition) is 5. The lowest BCUT2D eigenvalue weighted by Crippen LogP contribution is -2.30. The maximum Gasteiger partial charge on any atom is 0.300 e. The zero-order valence-electron chi connectivity index (χ0n) is 18.3. The van der Waals surface area contributed by atoms with Gasteiger partial charge in [0.05, 0.1) is 23.4 Å². The number of Topliss-reactive ketones (excluding diaryl/α,β-unsaturated/α-hetero) is 1. The van der Waals surface area contributed by atoms with Gasteiger partial charge in [-0.2, -0.15) is 0 Å². The second kappa shape index (κ2) is 8.97. The van der Waals surface area contributed by atoms with E-state index in [4.69, 9.17) is 4.74 Å². The van der Waals surface area contributed by atoms with Gasteiger partial charge in [0.2, 0.25) is 0 Å². The van der Waals surface area contributed by atoms with Crippen molar-refractivity contribution in [1.82, 2.24) is 0 Å².